The van der Waals surface area contributed by atoms with Crippen LogP contribution in [0.5, 0.6) is 0 Å². The number of amides is 1. The standard InChI is InChI=1S/C14H17NO3/c1-8-6-9(2)13(10(3)7-8)15-11(14(17)18)4-5-12(15)16/h6-7,11H,4-5H2,1-3H3,(H,17,18). The van der Waals surface area contributed by atoms with Gasteiger partial charge < -0.3 is 5.11 Å². The largest absolute Gasteiger partial charge is 0.480 e. The van der Waals surface area contributed by atoms with Crippen molar-refractivity contribution in [2.24, 2.45) is 0 Å². The summed E-state index contributed by atoms with van der Waals surface area (Å²) < 4.78 is 0. The Bertz CT molecular complexity index is 499. The highest BCUT2D eigenvalue weighted by Gasteiger charge is 2.38. The van der Waals surface area contributed by atoms with Gasteiger partial charge in [0, 0.05) is 6.42 Å². The molecule has 0 saturated carbocycles. The van der Waals surface area contributed by atoms with Gasteiger partial charge in [0.2, 0.25) is 5.91 Å². The Morgan fingerprint density at radius 1 is 1.28 bits per heavy atom. The third kappa shape index (κ3) is 1.98. The van der Waals surface area contributed by atoms with Crippen LogP contribution >= 0.6 is 0 Å². The minimum absolute atomic E-state index is 0.0996. The number of carboxylic acid groups (broad SMARTS) is 1. The summed E-state index contributed by atoms with van der Waals surface area (Å²) in [5, 5.41) is 9.21. The topological polar surface area (TPSA) is 57.6 Å². The zero-order valence-corrected chi connectivity index (χ0v) is 10.9. The van der Waals surface area contributed by atoms with Gasteiger partial charge in [0.05, 0.1) is 5.69 Å². The molecule has 2 rings (SSSR count). The number of aliphatic carboxylic acids is 1. The lowest BCUT2D eigenvalue weighted by atomic mass is 10.0. The van der Waals surface area contributed by atoms with Gasteiger partial charge >= 0.3 is 5.97 Å². The summed E-state index contributed by atoms with van der Waals surface area (Å²) in [5.41, 5.74) is 3.78. The van der Waals surface area contributed by atoms with Gasteiger partial charge in [0.1, 0.15) is 6.04 Å². The highest BCUT2D eigenvalue weighted by molar-refractivity contribution is 6.03. The summed E-state index contributed by atoms with van der Waals surface area (Å²) in [7, 11) is 0. The van der Waals surface area contributed by atoms with E-state index in [0.29, 0.717) is 12.8 Å². The SMILES string of the molecule is Cc1cc(C)c(N2C(=O)CCC2C(=O)O)c(C)c1. The highest BCUT2D eigenvalue weighted by atomic mass is 16.4. The highest BCUT2D eigenvalue weighted by Crippen LogP contribution is 2.33. The van der Waals surface area contributed by atoms with Crippen molar-refractivity contribution >= 4 is 17.6 Å². The first-order valence-corrected chi connectivity index (χ1v) is 6.04. The van der Waals surface area contributed by atoms with Crippen molar-refractivity contribution in [1.82, 2.24) is 0 Å². The van der Waals surface area contributed by atoms with E-state index in [2.05, 4.69) is 0 Å². The number of benzene rings is 1. The molecule has 1 fully saturated rings. The third-order valence-electron chi connectivity index (χ3n) is 3.37. The molecule has 1 N–H and O–H groups in total. The lowest BCUT2D eigenvalue weighted by molar-refractivity contribution is -0.138. The molecule has 1 unspecified atom stereocenters. The van der Waals surface area contributed by atoms with E-state index in [1.165, 1.54) is 4.90 Å². The normalized spacial score (nSPS) is 19.4. The molecule has 1 heterocycles. The van der Waals surface area contributed by atoms with Crippen molar-refractivity contribution < 1.29 is 14.7 Å². The minimum Gasteiger partial charge on any atom is -0.480 e. The second-order valence-electron chi connectivity index (χ2n) is 4.90. The fraction of sp³-hybridized carbons (Fsp3) is 0.429. The maximum Gasteiger partial charge on any atom is 0.326 e. The number of carboxylic acids is 1. The molecule has 1 saturated heterocycles. The summed E-state index contributed by atoms with van der Waals surface area (Å²) in [4.78, 5) is 24.6. The second-order valence-corrected chi connectivity index (χ2v) is 4.90. The minimum atomic E-state index is -0.930. The van der Waals surface area contributed by atoms with E-state index in [0.717, 1.165) is 22.4 Å². The number of hydrogen-bond donors (Lipinski definition) is 1. The molecule has 0 bridgehead atoms. The number of nitrogens with zero attached hydrogens (tertiary/aromatic N) is 1. The molecule has 0 aromatic heterocycles. The van der Waals surface area contributed by atoms with Crippen LogP contribution < -0.4 is 4.90 Å². The van der Waals surface area contributed by atoms with Crippen LogP contribution in [0.1, 0.15) is 29.5 Å². The van der Waals surface area contributed by atoms with Crippen LogP contribution in [0.25, 0.3) is 0 Å². The molecule has 0 radical (unpaired) electrons. The molecule has 1 aliphatic rings. The maximum atomic E-state index is 11.9. The van der Waals surface area contributed by atoms with E-state index in [9.17, 15) is 14.7 Å². The zero-order valence-electron chi connectivity index (χ0n) is 10.9. The van der Waals surface area contributed by atoms with Crippen LogP contribution in [0.15, 0.2) is 12.1 Å². The van der Waals surface area contributed by atoms with Crippen LogP contribution in [0.4, 0.5) is 5.69 Å². The summed E-state index contributed by atoms with van der Waals surface area (Å²) >= 11 is 0. The van der Waals surface area contributed by atoms with Crippen molar-refractivity contribution in [3.05, 3.63) is 28.8 Å². The van der Waals surface area contributed by atoms with E-state index in [4.69, 9.17) is 0 Å². The summed E-state index contributed by atoms with van der Waals surface area (Å²) in [5.74, 6) is -1.03. The molecule has 4 heteroatoms. The quantitative estimate of drug-likeness (QED) is 0.871. The first-order chi connectivity index (χ1) is 8.41. The molecule has 4 nitrogen and oxygen atoms in total. The van der Waals surface area contributed by atoms with Crippen LogP contribution in [0.3, 0.4) is 0 Å². The van der Waals surface area contributed by atoms with E-state index in [-0.39, 0.29) is 5.91 Å². The average Bonchev–Trinajstić information content (AvgIpc) is 2.59. The predicted octanol–water partition coefficient (Wildman–Crippen LogP) is 2.19. The van der Waals surface area contributed by atoms with Gasteiger partial charge in [0.25, 0.3) is 0 Å². The van der Waals surface area contributed by atoms with E-state index < -0.39 is 12.0 Å². The first-order valence-electron chi connectivity index (χ1n) is 6.04. The predicted molar refractivity (Wildman–Crippen MR) is 68.8 cm³/mol. The van der Waals surface area contributed by atoms with Gasteiger partial charge in [-0.25, -0.2) is 4.79 Å². The molecule has 18 heavy (non-hydrogen) atoms. The van der Waals surface area contributed by atoms with E-state index >= 15 is 0 Å². The van der Waals surface area contributed by atoms with Crippen LogP contribution in [0, 0.1) is 20.8 Å². The summed E-state index contributed by atoms with van der Waals surface area (Å²) in [6, 6.07) is 3.23. The Kier molecular flexibility index (Phi) is 3.11. The second kappa shape index (κ2) is 4.44. The van der Waals surface area contributed by atoms with Gasteiger partial charge in [-0.05, 0) is 38.3 Å². The fourth-order valence-electron chi connectivity index (χ4n) is 2.75. The number of carbonyl (C=O) groups is 2. The van der Waals surface area contributed by atoms with Crippen molar-refractivity contribution in [3.63, 3.8) is 0 Å². The Balaban J connectivity index is 2.53. The Hall–Kier alpha value is -1.84. The molecule has 0 aliphatic carbocycles. The lowest BCUT2D eigenvalue weighted by Gasteiger charge is -2.25. The zero-order chi connectivity index (χ0) is 13.4. The Labute approximate surface area is 106 Å². The monoisotopic (exact) mass is 247 g/mol. The molecule has 1 aliphatic heterocycles. The third-order valence-corrected chi connectivity index (χ3v) is 3.37. The molecule has 1 atom stereocenters. The fourth-order valence-corrected chi connectivity index (χ4v) is 2.75. The molecule has 1 amide bonds. The van der Waals surface area contributed by atoms with Crippen LogP contribution in [-0.2, 0) is 9.59 Å². The van der Waals surface area contributed by atoms with Crippen molar-refractivity contribution in [3.8, 4) is 0 Å². The van der Waals surface area contributed by atoms with Crippen molar-refractivity contribution in [2.45, 2.75) is 39.7 Å². The van der Waals surface area contributed by atoms with Crippen molar-refractivity contribution in [1.29, 1.82) is 0 Å². The molecular weight excluding hydrogens is 230 g/mol. The molecule has 0 spiro atoms. The molecule has 96 valence electrons. The lowest BCUT2D eigenvalue weighted by Crippen LogP contribution is -2.39. The van der Waals surface area contributed by atoms with Gasteiger partial charge in [-0.1, -0.05) is 17.7 Å². The number of anilines is 1. The van der Waals surface area contributed by atoms with Gasteiger partial charge in [0.15, 0.2) is 0 Å². The molecule has 1 aromatic carbocycles. The van der Waals surface area contributed by atoms with Crippen LogP contribution in [-0.4, -0.2) is 23.0 Å². The Morgan fingerprint density at radius 3 is 2.33 bits per heavy atom. The Morgan fingerprint density at radius 2 is 1.83 bits per heavy atom. The van der Waals surface area contributed by atoms with Crippen LogP contribution in [0.2, 0.25) is 0 Å². The van der Waals surface area contributed by atoms with Gasteiger partial charge in [-0.2, -0.15) is 0 Å². The summed E-state index contributed by atoms with van der Waals surface area (Å²) in [6.07, 6.45) is 0.699. The maximum absolute atomic E-state index is 11.9. The molecule has 1 aromatic rings. The average molecular weight is 247 g/mol. The number of rotatable bonds is 2. The van der Waals surface area contributed by atoms with E-state index in [1.54, 1.807) is 0 Å². The number of carbonyl (C=O) groups excluding carboxylic acids is 1. The number of hydrogen-bond acceptors (Lipinski definition) is 2. The van der Waals surface area contributed by atoms with Gasteiger partial charge in [-0.15, -0.1) is 0 Å². The van der Waals surface area contributed by atoms with E-state index in [1.807, 2.05) is 32.9 Å². The smallest absolute Gasteiger partial charge is 0.326 e. The number of aryl methyl sites for hydroxylation is 3. The van der Waals surface area contributed by atoms with Gasteiger partial charge in [-0.3, -0.25) is 9.69 Å². The first kappa shape index (κ1) is 12.6. The molecular formula is C14H17NO3. The van der Waals surface area contributed by atoms with Crippen molar-refractivity contribution in [2.75, 3.05) is 4.90 Å². The summed E-state index contributed by atoms with van der Waals surface area (Å²) in [6.45, 7) is 5.82.